The van der Waals surface area contributed by atoms with Gasteiger partial charge in [0.05, 0.1) is 0 Å². The van der Waals surface area contributed by atoms with Crippen molar-refractivity contribution in [1.82, 2.24) is 15.2 Å². The summed E-state index contributed by atoms with van der Waals surface area (Å²) in [6, 6.07) is 4.31. The van der Waals surface area contributed by atoms with E-state index < -0.39 is 0 Å². The molecule has 1 rings (SSSR count). The quantitative estimate of drug-likeness (QED) is 0.708. The summed E-state index contributed by atoms with van der Waals surface area (Å²) in [6.07, 6.45) is 2.55. The summed E-state index contributed by atoms with van der Waals surface area (Å²) in [5, 5.41) is 6.11. The van der Waals surface area contributed by atoms with E-state index in [1.54, 1.807) is 0 Å². The number of nitrogens with zero attached hydrogens (tertiary/aromatic N) is 1. The van der Waals surface area contributed by atoms with Crippen LogP contribution in [0.3, 0.4) is 0 Å². The second-order valence-corrected chi connectivity index (χ2v) is 4.26. The second-order valence-electron chi connectivity index (χ2n) is 4.26. The number of nitrogens with one attached hydrogen (secondary N) is 2. The Morgan fingerprint density at radius 3 is 2.81 bits per heavy atom. The molecule has 1 aromatic heterocycles. The van der Waals surface area contributed by atoms with Crippen LogP contribution >= 0.6 is 0 Å². The smallest absolute Gasteiger partial charge is 0.221 e. The molecule has 0 aliphatic carbocycles. The molecule has 2 N–H and O–H groups in total. The van der Waals surface area contributed by atoms with Gasteiger partial charge in [-0.25, -0.2) is 0 Å². The zero-order valence-electron chi connectivity index (χ0n) is 10.3. The van der Waals surface area contributed by atoms with Crippen LogP contribution in [0.25, 0.3) is 0 Å². The molecule has 4 heteroatoms. The minimum Gasteiger partial charge on any atom is -0.354 e. The maximum atomic E-state index is 11.3. The van der Waals surface area contributed by atoms with Crippen LogP contribution in [0.15, 0.2) is 18.3 Å². The molecule has 0 saturated heterocycles. The van der Waals surface area contributed by atoms with Crippen LogP contribution in [0.5, 0.6) is 0 Å². The van der Waals surface area contributed by atoms with Crippen molar-refractivity contribution >= 4 is 5.91 Å². The molecule has 1 aromatic rings. The molecule has 0 bridgehead atoms. The van der Waals surface area contributed by atoms with E-state index in [1.807, 2.05) is 33.2 Å². The number of aryl methyl sites for hydroxylation is 1. The molecule has 0 aliphatic heterocycles. The van der Waals surface area contributed by atoms with E-state index in [-0.39, 0.29) is 11.9 Å². The minimum absolute atomic E-state index is 0.106. The van der Waals surface area contributed by atoms with E-state index in [1.165, 1.54) is 5.69 Å². The third kappa shape index (κ3) is 4.49. The lowest BCUT2D eigenvalue weighted by Gasteiger charge is -2.09. The Bertz CT molecular complexity index is 331. The van der Waals surface area contributed by atoms with Gasteiger partial charge in [-0.2, -0.15) is 0 Å². The number of amides is 1. The van der Waals surface area contributed by atoms with Crippen LogP contribution in [0, 0.1) is 0 Å². The first-order chi connectivity index (χ1) is 7.59. The van der Waals surface area contributed by atoms with Gasteiger partial charge < -0.3 is 15.2 Å². The van der Waals surface area contributed by atoms with E-state index in [0.29, 0.717) is 13.0 Å². The van der Waals surface area contributed by atoms with E-state index in [2.05, 4.69) is 21.3 Å². The fourth-order valence-electron chi connectivity index (χ4n) is 1.49. The Hall–Kier alpha value is -1.29. The van der Waals surface area contributed by atoms with E-state index in [4.69, 9.17) is 0 Å². The summed E-state index contributed by atoms with van der Waals surface area (Å²) in [6.45, 7) is 5.45. The first-order valence-corrected chi connectivity index (χ1v) is 5.70. The summed E-state index contributed by atoms with van der Waals surface area (Å²) >= 11 is 0. The largest absolute Gasteiger partial charge is 0.354 e. The molecular formula is C12H21N3O. The van der Waals surface area contributed by atoms with Crippen molar-refractivity contribution in [2.45, 2.75) is 32.9 Å². The predicted octanol–water partition coefficient (Wildman–Crippen LogP) is 1.03. The molecule has 4 nitrogen and oxygen atoms in total. The van der Waals surface area contributed by atoms with Gasteiger partial charge in [0, 0.05) is 44.5 Å². The van der Waals surface area contributed by atoms with Gasteiger partial charge in [-0.05, 0) is 26.0 Å². The number of carbonyl (C=O) groups excluding carboxylic acids is 1. The lowest BCUT2D eigenvalue weighted by Crippen LogP contribution is -2.32. The fourth-order valence-corrected chi connectivity index (χ4v) is 1.49. The SMILES string of the molecule is CC(C)NC(=O)CCNCc1cccn1C. The molecule has 0 aromatic carbocycles. The van der Waals surface area contributed by atoms with E-state index in [0.717, 1.165) is 6.54 Å². The van der Waals surface area contributed by atoms with Crippen LogP contribution in [-0.2, 0) is 18.4 Å². The average Bonchev–Trinajstić information content (AvgIpc) is 2.58. The average molecular weight is 223 g/mol. The van der Waals surface area contributed by atoms with Crippen molar-refractivity contribution < 1.29 is 4.79 Å². The van der Waals surface area contributed by atoms with Crippen molar-refractivity contribution in [1.29, 1.82) is 0 Å². The van der Waals surface area contributed by atoms with Gasteiger partial charge in [-0.3, -0.25) is 4.79 Å². The van der Waals surface area contributed by atoms with Gasteiger partial charge in [0.25, 0.3) is 0 Å². The lowest BCUT2D eigenvalue weighted by atomic mass is 10.3. The Labute approximate surface area is 97.0 Å². The van der Waals surface area contributed by atoms with E-state index >= 15 is 0 Å². The van der Waals surface area contributed by atoms with Gasteiger partial charge in [-0.1, -0.05) is 0 Å². The summed E-state index contributed by atoms with van der Waals surface area (Å²) in [7, 11) is 2.02. The number of rotatable bonds is 6. The Morgan fingerprint density at radius 1 is 1.50 bits per heavy atom. The lowest BCUT2D eigenvalue weighted by molar-refractivity contribution is -0.121. The van der Waals surface area contributed by atoms with Crippen LogP contribution in [0.2, 0.25) is 0 Å². The molecule has 0 saturated carbocycles. The molecule has 90 valence electrons. The summed E-state index contributed by atoms with van der Waals surface area (Å²) in [4.78, 5) is 11.3. The minimum atomic E-state index is 0.106. The molecular weight excluding hydrogens is 202 g/mol. The van der Waals surface area contributed by atoms with Crippen LogP contribution in [0.4, 0.5) is 0 Å². The highest BCUT2D eigenvalue weighted by Crippen LogP contribution is 1.98. The van der Waals surface area contributed by atoms with Crippen LogP contribution < -0.4 is 10.6 Å². The van der Waals surface area contributed by atoms with Crippen molar-refractivity contribution in [3.8, 4) is 0 Å². The molecule has 0 aliphatic rings. The zero-order valence-corrected chi connectivity index (χ0v) is 10.3. The maximum Gasteiger partial charge on any atom is 0.221 e. The Kier molecular flexibility index (Phi) is 5.05. The van der Waals surface area contributed by atoms with Crippen molar-refractivity contribution in [2.24, 2.45) is 7.05 Å². The Morgan fingerprint density at radius 2 is 2.25 bits per heavy atom. The summed E-state index contributed by atoms with van der Waals surface area (Å²) in [5.74, 6) is 0.106. The number of aromatic nitrogens is 1. The second kappa shape index (κ2) is 6.33. The van der Waals surface area contributed by atoms with Crippen molar-refractivity contribution in [3.63, 3.8) is 0 Å². The third-order valence-corrected chi connectivity index (χ3v) is 2.34. The van der Waals surface area contributed by atoms with Gasteiger partial charge in [0.1, 0.15) is 0 Å². The van der Waals surface area contributed by atoms with Gasteiger partial charge in [0.15, 0.2) is 0 Å². The molecule has 0 fully saturated rings. The van der Waals surface area contributed by atoms with Crippen LogP contribution in [-0.4, -0.2) is 23.1 Å². The number of hydrogen-bond acceptors (Lipinski definition) is 2. The highest BCUT2D eigenvalue weighted by Gasteiger charge is 2.02. The normalized spacial score (nSPS) is 10.8. The first-order valence-electron chi connectivity index (χ1n) is 5.70. The number of carbonyl (C=O) groups is 1. The summed E-state index contributed by atoms with van der Waals surface area (Å²) in [5.41, 5.74) is 1.23. The zero-order chi connectivity index (χ0) is 12.0. The highest BCUT2D eigenvalue weighted by atomic mass is 16.1. The Balaban J connectivity index is 2.13. The summed E-state index contributed by atoms with van der Waals surface area (Å²) < 4.78 is 2.07. The molecule has 0 atom stereocenters. The molecule has 1 heterocycles. The van der Waals surface area contributed by atoms with E-state index in [9.17, 15) is 4.79 Å². The van der Waals surface area contributed by atoms with Crippen molar-refractivity contribution in [2.75, 3.05) is 6.54 Å². The standard InChI is InChI=1S/C12H21N3O/c1-10(2)14-12(16)6-7-13-9-11-5-4-8-15(11)3/h4-5,8,10,13H,6-7,9H2,1-3H3,(H,14,16). The third-order valence-electron chi connectivity index (χ3n) is 2.34. The van der Waals surface area contributed by atoms with Gasteiger partial charge in [0.2, 0.25) is 5.91 Å². The van der Waals surface area contributed by atoms with Gasteiger partial charge >= 0.3 is 0 Å². The predicted molar refractivity (Wildman–Crippen MR) is 65.0 cm³/mol. The van der Waals surface area contributed by atoms with Crippen molar-refractivity contribution in [3.05, 3.63) is 24.0 Å². The maximum absolute atomic E-state index is 11.3. The number of hydrogen-bond donors (Lipinski definition) is 2. The fraction of sp³-hybridized carbons (Fsp3) is 0.583. The first kappa shape index (κ1) is 12.8. The topological polar surface area (TPSA) is 46.1 Å². The van der Waals surface area contributed by atoms with Crippen LogP contribution in [0.1, 0.15) is 26.0 Å². The molecule has 0 radical (unpaired) electrons. The molecule has 1 amide bonds. The van der Waals surface area contributed by atoms with Gasteiger partial charge in [-0.15, -0.1) is 0 Å². The molecule has 0 unspecified atom stereocenters. The monoisotopic (exact) mass is 223 g/mol. The highest BCUT2D eigenvalue weighted by molar-refractivity contribution is 5.76. The molecule has 16 heavy (non-hydrogen) atoms. The molecule has 0 spiro atoms.